The third-order valence-corrected chi connectivity index (χ3v) is 3.28. The van der Waals surface area contributed by atoms with E-state index in [2.05, 4.69) is 0 Å². The summed E-state index contributed by atoms with van der Waals surface area (Å²) in [5.41, 5.74) is 1.57. The van der Waals surface area contributed by atoms with E-state index in [0.29, 0.717) is 18.4 Å². The van der Waals surface area contributed by atoms with Crippen molar-refractivity contribution in [1.29, 1.82) is 0 Å². The molecule has 2 rings (SSSR count). The van der Waals surface area contributed by atoms with Gasteiger partial charge in [0.05, 0.1) is 6.61 Å². The van der Waals surface area contributed by atoms with E-state index in [0.717, 1.165) is 11.6 Å². The Balaban J connectivity index is 2.25. The molecule has 0 bridgehead atoms. The van der Waals surface area contributed by atoms with Crippen LogP contribution in [0.5, 0.6) is 17.2 Å². The summed E-state index contributed by atoms with van der Waals surface area (Å²) in [4.78, 5) is 12.0. The highest BCUT2D eigenvalue weighted by molar-refractivity contribution is 5.94. The highest BCUT2D eigenvalue weighted by atomic mass is 16.5. The molecular formula is C17H18O5. The van der Waals surface area contributed by atoms with Gasteiger partial charge < -0.3 is 20.1 Å². The number of benzene rings is 2. The number of rotatable bonds is 5. The predicted octanol–water partition coefficient (Wildman–Crippen LogP) is 2.77. The fraction of sp³-hybridized carbons (Fsp3) is 0.235. The third kappa shape index (κ3) is 3.69. The summed E-state index contributed by atoms with van der Waals surface area (Å²) in [6, 6.07) is 9.30. The van der Waals surface area contributed by atoms with Crippen LogP contribution in [-0.2, 0) is 17.6 Å². The van der Waals surface area contributed by atoms with E-state index in [-0.39, 0.29) is 29.4 Å². The van der Waals surface area contributed by atoms with E-state index in [1.165, 1.54) is 6.07 Å². The number of aromatic hydroxyl groups is 3. The van der Waals surface area contributed by atoms with Crippen LogP contribution in [0, 0.1) is 0 Å². The van der Waals surface area contributed by atoms with Gasteiger partial charge >= 0.3 is 5.97 Å². The first-order chi connectivity index (χ1) is 10.5. The summed E-state index contributed by atoms with van der Waals surface area (Å²) < 4.78 is 4.94. The van der Waals surface area contributed by atoms with Crippen molar-refractivity contribution in [2.24, 2.45) is 0 Å². The van der Waals surface area contributed by atoms with Gasteiger partial charge in [-0.1, -0.05) is 12.1 Å². The minimum atomic E-state index is -0.610. The van der Waals surface area contributed by atoms with Crippen molar-refractivity contribution in [1.82, 2.24) is 0 Å². The molecule has 0 saturated carbocycles. The maximum absolute atomic E-state index is 12.0. The minimum Gasteiger partial charge on any atom is -0.508 e. The number of hydrogen-bond donors (Lipinski definition) is 3. The largest absolute Gasteiger partial charge is 0.508 e. The lowest BCUT2D eigenvalue weighted by atomic mass is 9.98. The highest BCUT2D eigenvalue weighted by Gasteiger charge is 2.19. The molecule has 3 N–H and O–H groups in total. The Bertz CT molecular complexity index is 661. The van der Waals surface area contributed by atoms with Crippen LogP contribution < -0.4 is 0 Å². The molecule has 22 heavy (non-hydrogen) atoms. The van der Waals surface area contributed by atoms with Crippen molar-refractivity contribution < 1.29 is 24.9 Å². The van der Waals surface area contributed by atoms with Crippen molar-refractivity contribution in [2.75, 3.05) is 6.61 Å². The Labute approximate surface area is 128 Å². The van der Waals surface area contributed by atoms with Gasteiger partial charge in [-0.25, -0.2) is 4.79 Å². The van der Waals surface area contributed by atoms with E-state index < -0.39 is 5.97 Å². The minimum absolute atomic E-state index is 0.0819. The van der Waals surface area contributed by atoms with Crippen molar-refractivity contribution in [2.45, 2.75) is 19.8 Å². The summed E-state index contributed by atoms with van der Waals surface area (Å²) in [7, 11) is 0. The van der Waals surface area contributed by atoms with Gasteiger partial charge in [0.2, 0.25) is 0 Å². The normalized spacial score (nSPS) is 10.4. The topological polar surface area (TPSA) is 87.0 Å². The molecule has 2 aromatic carbocycles. The molecule has 0 aliphatic rings. The second-order valence-electron chi connectivity index (χ2n) is 4.89. The number of hydrogen-bond acceptors (Lipinski definition) is 5. The second-order valence-corrected chi connectivity index (χ2v) is 4.89. The van der Waals surface area contributed by atoms with Crippen LogP contribution in [0.25, 0.3) is 0 Å². The number of esters is 1. The fourth-order valence-corrected chi connectivity index (χ4v) is 2.25. The molecule has 0 heterocycles. The zero-order valence-electron chi connectivity index (χ0n) is 12.2. The lowest BCUT2D eigenvalue weighted by molar-refractivity contribution is 0.0521. The van der Waals surface area contributed by atoms with Crippen molar-refractivity contribution in [3.63, 3.8) is 0 Å². The summed E-state index contributed by atoms with van der Waals surface area (Å²) in [6.45, 7) is 1.89. The van der Waals surface area contributed by atoms with Gasteiger partial charge in [0.15, 0.2) is 0 Å². The molecule has 0 radical (unpaired) electrons. The lowest BCUT2D eigenvalue weighted by Gasteiger charge is -2.11. The van der Waals surface area contributed by atoms with E-state index >= 15 is 0 Å². The molecule has 0 fully saturated rings. The molecule has 5 heteroatoms. The Morgan fingerprint density at radius 2 is 1.68 bits per heavy atom. The number of phenolic OH excluding ortho intramolecular Hbond substituents is 3. The van der Waals surface area contributed by atoms with Crippen LogP contribution in [0.1, 0.15) is 28.4 Å². The van der Waals surface area contributed by atoms with Gasteiger partial charge in [-0.05, 0) is 49.1 Å². The van der Waals surface area contributed by atoms with Crippen LogP contribution >= 0.6 is 0 Å². The zero-order chi connectivity index (χ0) is 16.1. The standard InChI is InChI=1S/C17H18O5/c1-2-22-17(21)16-12(9-14(19)10-15(16)20)6-3-11-4-7-13(18)8-5-11/h4-5,7-10,18-20H,2-3,6H2,1H3. The van der Waals surface area contributed by atoms with E-state index in [1.54, 1.807) is 31.2 Å². The molecule has 0 spiro atoms. The summed E-state index contributed by atoms with van der Waals surface area (Å²) in [5.74, 6) is -0.822. The third-order valence-electron chi connectivity index (χ3n) is 3.28. The quantitative estimate of drug-likeness (QED) is 0.739. The molecule has 0 atom stereocenters. The van der Waals surface area contributed by atoms with Gasteiger partial charge in [0.25, 0.3) is 0 Å². The highest BCUT2D eigenvalue weighted by Crippen LogP contribution is 2.29. The number of aryl methyl sites for hydroxylation is 2. The number of carbonyl (C=O) groups excluding carboxylic acids is 1. The van der Waals surface area contributed by atoms with E-state index in [9.17, 15) is 20.1 Å². The smallest absolute Gasteiger partial charge is 0.342 e. The Morgan fingerprint density at radius 1 is 1.00 bits per heavy atom. The molecule has 2 aromatic rings. The predicted molar refractivity (Wildman–Crippen MR) is 81.2 cm³/mol. The Hall–Kier alpha value is -2.69. The van der Waals surface area contributed by atoms with Crippen LogP contribution in [0.4, 0.5) is 0 Å². The first kappa shape index (κ1) is 15.7. The molecule has 0 amide bonds. The van der Waals surface area contributed by atoms with E-state index in [4.69, 9.17) is 4.74 Å². The van der Waals surface area contributed by atoms with Crippen LogP contribution in [0.3, 0.4) is 0 Å². The Kier molecular flexibility index (Phi) is 4.88. The Morgan fingerprint density at radius 3 is 2.32 bits per heavy atom. The zero-order valence-corrected chi connectivity index (χ0v) is 12.2. The van der Waals surface area contributed by atoms with Crippen LogP contribution in [0.2, 0.25) is 0 Å². The van der Waals surface area contributed by atoms with Gasteiger partial charge in [-0.15, -0.1) is 0 Å². The molecular weight excluding hydrogens is 284 g/mol. The number of carbonyl (C=O) groups is 1. The average Bonchev–Trinajstić information content (AvgIpc) is 2.46. The molecule has 116 valence electrons. The molecule has 0 aromatic heterocycles. The first-order valence-corrected chi connectivity index (χ1v) is 7.01. The maximum Gasteiger partial charge on any atom is 0.342 e. The van der Waals surface area contributed by atoms with Crippen molar-refractivity contribution >= 4 is 5.97 Å². The van der Waals surface area contributed by atoms with Gasteiger partial charge in [0, 0.05) is 6.07 Å². The van der Waals surface area contributed by atoms with Crippen LogP contribution in [0.15, 0.2) is 36.4 Å². The van der Waals surface area contributed by atoms with Gasteiger partial charge in [-0.2, -0.15) is 0 Å². The molecule has 5 nitrogen and oxygen atoms in total. The van der Waals surface area contributed by atoms with E-state index in [1.807, 2.05) is 0 Å². The van der Waals surface area contributed by atoms with Crippen molar-refractivity contribution in [3.8, 4) is 17.2 Å². The monoisotopic (exact) mass is 302 g/mol. The lowest BCUT2D eigenvalue weighted by Crippen LogP contribution is -2.09. The molecule has 0 aliphatic heterocycles. The molecule has 0 unspecified atom stereocenters. The second kappa shape index (κ2) is 6.85. The fourth-order valence-electron chi connectivity index (χ4n) is 2.25. The van der Waals surface area contributed by atoms with Crippen molar-refractivity contribution in [3.05, 3.63) is 53.1 Å². The molecule has 0 aliphatic carbocycles. The number of ether oxygens (including phenoxy) is 1. The average molecular weight is 302 g/mol. The number of phenols is 3. The summed E-state index contributed by atoms with van der Waals surface area (Å²) in [5, 5.41) is 28.8. The first-order valence-electron chi connectivity index (χ1n) is 7.01. The van der Waals surface area contributed by atoms with Gasteiger partial charge in [-0.3, -0.25) is 0 Å². The molecule has 0 saturated heterocycles. The SMILES string of the molecule is CCOC(=O)c1c(O)cc(O)cc1CCc1ccc(O)cc1. The van der Waals surface area contributed by atoms with Gasteiger partial charge in [0.1, 0.15) is 22.8 Å². The summed E-state index contributed by atoms with van der Waals surface area (Å²) >= 11 is 0. The summed E-state index contributed by atoms with van der Waals surface area (Å²) in [6.07, 6.45) is 1.04. The van der Waals surface area contributed by atoms with Crippen LogP contribution in [-0.4, -0.2) is 27.9 Å². The maximum atomic E-state index is 12.0.